The van der Waals surface area contributed by atoms with Crippen molar-refractivity contribution < 1.29 is 0 Å². The van der Waals surface area contributed by atoms with Crippen LogP contribution < -0.4 is 9.80 Å². The van der Waals surface area contributed by atoms with Crippen LogP contribution in [0.2, 0.25) is 0 Å². The third-order valence-corrected chi connectivity index (χ3v) is 16.2. The fourth-order valence-electron chi connectivity index (χ4n) is 13.1. The molecule has 2 nitrogen and oxygen atoms in total. The van der Waals surface area contributed by atoms with Gasteiger partial charge in [0.05, 0.1) is 11.4 Å². The maximum atomic E-state index is 2.57. The zero-order chi connectivity index (χ0) is 47.0. The van der Waals surface area contributed by atoms with Gasteiger partial charge in [-0.15, -0.1) is 0 Å². The highest BCUT2D eigenvalue weighted by atomic mass is 15.2. The fourth-order valence-corrected chi connectivity index (χ4v) is 13.1. The second-order valence-electron chi connectivity index (χ2n) is 20.0. The first-order chi connectivity index (χ1) is 34.5. The van der Waals surface area contributed by atoms with E-state index in [1.165, 1.54) is 78.5 Å². The summed E-state index contributed by atoms with van der Waals surface area (Å²) in [6.45, 7) is 7.50. The minimum atomic E-state index is 0.123. The van der Waals surface area contributed by atoms with Gasteiger partial charge in [0.1, 0.15) is 0 Å². The molecule has 0 radical (unpaired) electrons. The van der Waals surface area contributed by atoms with Crippen molar-refractivity contribution in [1.82, 2.24) is 0 Å². The Bertz CT molecular complexity index is 3660. The molecule has 0 amide bonds. The van der Waals surface area contributed by atoms with Gasteiger partial charge >= 0.3 is 0 Å². The lowest BCUT2D eigenvalue weighted by Gasteiger charge is -2.71. The number of nitrogens with zero attached hydrogens (tertiary/aromatic N) is 2. The van der Waals surface area contributed by atoms with Crippen LogP contribution in [0.3, 0.4) is 0 Å². The molecule has 0 aromatic heterocycles. The van der Waals surface area contributed by atoms with E-state index in [1.807, 2.05) is 0 Å². The molecule has 11 aromatic carbocycles. The van der Waals surface area contributed by atoms with E-state index in [0.717, 1.165) is 34.1 Å². The molecule has 11 aromatic rings. The van der Waals surface area contributed by atoms with Crippen LogP contribution in [0.4, 0.5) is 34.1 Å². The molecule has 1 fully saturated rings. The van der Waals surface area contributed by atoms with Gasteiger partial charge in [-0.25, -0.2) is 0 Å². The van der Waals surface area contributed by atoms with Crippen molar-refractivity contribution in [3.05, 3.63) is 254 Å². The number of fused-ring (bicyclic) bond motifs is 7. The molecule has 0 aliphatic heterocycles. The molecule has 0 N–H and O–H groups in total. The van der Waals surface area contributed by atoms with E-state index in [0.29, 0.717) is 5.92 Å². The van der Waals surface area contributed by atoms with Crippen molar-refractivity contribution in [3.8, 4) is 33.4 Å². The first-order valence-corrected chi connectivity index (χ1v) is 25.0. The van der Waals surface area contributed by atoms with Gasteiger partial charge in [0.2, 0.25) is 0 Å². The molecular weight excluding hydrogens is 845 g/mol. The highest BCUT2D eigenvalue weighted by Gasteiger charge is 2.69. The van der Waals surface area contributed by atoms with Crippen LogP contribution in [0.25, 0.3) is 65.7 Å². The predicted molar refractivity (Wildman–Crippen MR) is 298 cm³/mol. The van der Waals surface area contributed by atoms with Gasteiger partial charge in [-0.2, -0.15) is 0 Å². The van der Waals surface area contributed by atoms with Crippen LogP contribution in [-0.4, -0.2) is 0 Å². The number of anilines is 6. The van der Waals surface area contributed by atoms with Crippen LogP contribution in [-0.2, 0) is 10.8 Å². The molecule has 0 heterocycles. The Balaban J connectivity index is 1.14. The van der Waals surface area contributed by atoms with Crippen molar-refractivity contribution >= 4 is 66.4 Å². The van der Waals surface area contributed by atoms with Crippen LogP contribution in [0.15, 0.2) is 243 Å². The van der Waals surface area contributed by atoms with E-state index < -0.39 is 0 Å². The molecule has 13 rings (SSSR count). The van der Waals surface area contributed by atoms with Gasteiger partial charge in [-0.1, -0.05) is 203 Å². The first-order valence-electron chi connectivity index (χ1n) is 25.0. The largest absolute Gasteiger partial charge is 0.309 e. The van der Waals surface area contributed by atoms with Crippen molar-refractivity contribution in [2.45, 2.75) is 44.4 Å². The van der Waals surface area contributed by atoms with Crippen LogP contribution in [0, 0.1) is 5.92 Å². The van der Waals surface area contributed by atoms with Crippen molar-refractivity contribution in [3.63, 3.8) is 0 Å². The third kappa shape index (κ3) is 6.19. The number of para-hydroxylation sites is 4. The van der Waals surface area contributed by atoms with Crippen molar-refractivity contribution in [2.24, 2.45) is 5.92 Å². The molecule has 0 bridgehead atoms. The highest BCUT2D eigenvalue weighted by Crippen LogP contribution is 2.75. The Hall–Kier alpha value is -8.20. The minimum Gasteiger partial charge on any atom is -0.309 e. The van der Waals surface area contributed by atoms with E-state index in [4.69, 9.17) is 0 Å². The Morgan fingerprint density at radius 2 is 0.686 bits per heavy atom. The third-order valence-electron chi connectivity index (χ3n) is 16.2. The average molecular weight is 899 g/mol. The van der Waals surface area contributed by atoms with E-state index in [-0.39, 0.29) is 10.8 Å². The lowest BCUT2D eigenvalue weighted by Crippen LogP contribution is -2.67. The second kappa shape index (κ2) is 16.5. The van der Waals surface area contributed by atoms with Gasteiger partial charge in [0.15, 0.2) is 0 Å². The van der Waals surface area contributed by atoms with Gasteiger partial charge in [-0.05, 0) is 135 Å². The standard InChI is InChI=1S/C68H54N2/c1-46(2)68-43-42-67(68,3)63-61(47-24-10-4-11-25-47)55-40-38-49(44-59(55)62(64(63)68)48-26-12-5-13-27-48)50-39-41-58-60(45-50)66(70(53-32-18-8-19-33-53)54-34-20-9-21-35-54)57-37-23-22-36-56(57)65(58)69(51-28-14-6-15-29-51)52-30-16-7-17-31-52/h4-41,44-46H,42-43H2,1-3H3. The van der Waals surface area contributed by atoms with Gasteiger partial charge in [0.25, 0.3) is 0 Å². The Kier molecular flexibility index (Phi) is 9.89. The Labute approximate surface area is 411 Å². The van der Waals surface area contributed by atoms with E-state index in [2.05, 4.69) is 273 Å². The summed E-state index contributed by atoms with van der Waals surface area (Å²) in [5.41, 5.74) is 17.9. The van der Waals surface area contributed by atoms with E-state index in [9.17, 15) is 0 Å². The Morgan fingerprint density at radius 3 is 1.10 bits per heavy atom. The molecule has 2 aliphatic carbocycles. The molecule has 2 unspecified atom stereocenters. The summed E-state index contributed by atoms with van der Waals surface area (Å²) in [5.74, 6) is 0.511. The summed E-state index contributed by atoms with van der Waals surface area (Å²) in [6.07, 6.45) is 2.44. The Morgan fingerprint density at radius 1 is 0.329 bits per heavy atom. The predicted octanol–water partition coefficient (Wildman–Crippen LogP) is 19.0. The number of hydrogen-bond donors (Lipinski definition) is 0. The number of benzene rings is 11. The fraction of sp³-hybridized carbons (Fsp3) is 0.118. The molecule has 2 atom stereocenters. The minimum absolute atomic E-state index is 0.123. The normalized spacial score (nSPS) is 16.9. The highest BCUT2D eigenvalue weighted by molar-refractivity contribution is 6.24. The molecule has 2 aliphatic rings. The van der Waals surface area contributed by atoms with Crippen LogP contribution in [0.5, 0.6) is 0 Å². The lowest BCUT2D eigenvalue weighted by molar-refractivity contribution is 0.00168. The van der Waals surface area contributed by atoms with Gasteiger partial charge in [-0.3, -0.25) is 0 Å². The topological polar surface area (TPSA) is 6.48 Å². The smallest absolute Gasteiger partial charge is 0.0620 e. The zero-order valence-corrected chi connectivity index (χ0v) is 40.0. The average Bonchev–Trinajstić information content (AvgIpc) is 3.43. The van der Waals surface area contributed by atoms with Crippen LogP contribution in [0.1, 0.15) is 44.7 Å². The summed E-state index contributed by atoms with van der Waals surface area (Å²) in [7, 11) is 0. The molecule has 336 valence electrons. The first kappa shape index (κ1) is 41.9. The molecule has 1 saturated carbocycles. The van der Waals surface area contributed by atoms with Crippen molar-refractivity contribution in [1.29, 1.82) is 0 Å². The molecule has 0 saturated heterocycles. The number of hydrogen-bond acceptors (Lipinski definition) is 2. The number of rotatable bonds is 10. The van der Waals surface area contributed by atoms with E-state index >= 15 is 0 Å². The summed E-state index contributed by atoms with van der Waals surface area (Å²) in [6, 6.07) is 89.5. The summed E-state index contributed by atoms with van der Waals surface area (Å²) < 4.78 is 0. The van der Waals surface area contributed by atoms with E-state index in [1.54, 1.807) is 11.1 Å². The zero-order valence-electron chi connectivity index (χ0n) is 40.0. The molecule has 2 heteroatoms. The maximum Gasteiger partial charge on any atom is 0.0620 e. The van der Waals surface area contributed by atoms with Gasteiger partial charge < -0.3 is 9.80 Å². The van der Waals surface area contributed by atoms with Crippen LogP contribution >= 0.6 is 0 Å². The quantitative estimate of drug-likeness (QED) is 0.0997. The lowest BCUT2D eigenvalue weighted by atomic mass is 9.32. The van der Waals surface area contributed by atoms with Gasteiger partial charge in [0, 0.05) is 55.1 Å². The molecule has 0 spiro atoms. The second-order valence-corrected chi connectivity index (χ2v) is 20.0. The summed E-state index contributed by atoms with van der Waals surface area (Å²) in [5, 5.41) is 7.34. The summed E-state index contributed by atoms with van der Waals surface area (Å²) in [4.78, 5) is 4.92. The monoisotopic (exact) mass is 898 g/mol. The SMILES string of the molecule is CC(C)C12CCC1(C)c1c2c(-c2ccccc2)c2cc(-c3ccc4c(N(c5ccccc5)c5ccccc5)c5ccccc5c(N(c5ccccc5)c5ccccc5)c4c3)ccc2c1-c1ccccc1. The molecular formula is C68H54N2. The maximum absolute atomic E-state index is 2.57. The summed E-state index contributed by atoms with van der Waals surface area (Å²) >= 11 is 0. The molecule has 70 heavy (non-hydrogen) atoms. The van der Waals surface area contributed by atoms with Crippen molar-refractivity contribution in [2.75, 3.05) is 9.80 Å².